The molecule has 3 atom stereocenters. The number of anilines is 1. The zero-order valence-corrected chi connectivity index (χ0v) is 19.1. The molecule has 0 aliphatic carbocycles. The lowest BCUT2D eigenvalue weighted by atomic mass is 9.83. The molecule has 0 saturated carbocycles. The predicted molar refractivity (Wildman–Crippen MR) is 123 cm³/mol. The lowest BCUT2D eigenvalue weighted by Gasteiger charge is -2.30. The Balaban J connectivity index is 1.66. The summed E-state index contributed by atoms with van der Waals surface area (Å²) in [4.78, 5) is 32.4. The zero-order valence-electron chi connectivity index (χ0n) is 16.6. The molecule has 3 heterocycles. The van der Waals surface area contributed by atoms with Crippen LogP contribution in [0.5, 0.6) is 11.5 Å². The molecule has 1 saturated heterocycles. The van der Waals surface area contributed by atoms with E-state index in [1.54, 1.807) is 30.3 Å². The molecular weight excluding hydrogens is 452 g/mol. The highest BCUT2D eigenvalue weighted by Crippen LogP contribution is 2.54. The number of aromatic hydroxyl groups is 1. The van der Waals surface area contributed by atoms with Crippen LogP contribution in [0.15, 0.2) is 47.5 Å². The van der Waals surface area contributed by atoms with Crippen LogP contribution in [0.3, 0.4) is 0 Å². The molecule has 5 rings (SSSR count). The number of nitrogens with zero attached hydrogens (tertiary/aromatic N) is 1. The molecule has 2 aliphatic rings. The van der Waals surface area contributed by atoms with Gasteiger partial charge in [-0.25, -0.2) is 4.90 Å². The number of imide groups is 1. The van der Waals surface area contributed by atoms with Gasteiger partial charge in [-0.05, 0) is 49.0 Å². The second kappa shape index (κ2) is 7.51. The van der Waals surface area contributed by atoms with E-state index < -0.39 is 11.2 Å². The fraction of sp³-hybridized carbons (Fsp3) is 0.227. The number of aromatic nitrogens is 1. The van der Waals surface area contributed by atoms with Gasteiger partial charge >= 0.3 is 0 Å². The normalized spacial score (nSPS) is 22.4. The summed E-state index contributed by atoms with van der Waals surface area (Å²) >= 11 is 8.14. The third kappa shape index (κ3) is 3.19. The summed E-state index contributed by atoms with van der Waals surface area (Å²) in [5.74, 6) is -1.07. The Morgan fingerprint density at radius 1 is 1.13 bits per heavy atom. The van der Waals surface area contributed by atoms with Gasteiger partial charge in [0.15, 0.2) is 15.5 Å². The topological polar surface area (TPSA) is 82.6 Å². The van der Waals surface area contributed by atoms with Crippen molar-refractivity contribution < 1.29 is 19.4 Å². The van der Waals surface area contributed by atoms with E-state index in [-0.39, 0.29) is 23.5 Å². The molecule has 0 radical (unpaired) electrons. The number of nitrogens with one attached hydrogen (secondary N) is 1. The minimum atomic E-state index is -0.581. The second-order valence-corrected chi connectivity index (χ2v) is 10.4. The summed E-state index contributed by atoms with van der Waals surface area (Å²) in [6.45, 7) is 1.96. The molecule has 1 fully saturated rings. The first-order valence-electron chi connectivity index (χ1n) is 9.60. The van der Waals surface area contributed by atoms with Crippen LogP contribution >= 0.6 is 35.3 Å². The molecule has 0 unspecified atom stereocenters. The summed E-state index contributed by atoms with van der Waals surface area (Å²) in [5, 5.41) is 10.3. The van der Waals surface area contributed by atoms with Gasteiger partial charge in [-0.3, -0.25) is 9.59 Å². The highest BCUT2D eigenvalue weighted by molar-refractivity contribution is 8.01. The molecule has 2 N–H and O–H groups in total. The summed E-state index contributed by atoms with van der Waals surface area (Å²) in [6.07, 6.45) is 0. The van der Waals surface area contributed by atoms with E-state index in [9.17, 15) is 14.7 Å². The van der Waals surface area contributed by atoms with Gasteiger partial charge < -0.3 is 14.8 Å². The van der Waals surface area contributed by atoms with Gasteiger partial charge in [0.05, 0.1) is 23.7 Å². The average Bonchev–Trinajstić information content (AvgIpc) is 3.24. The maximum absolute atomic E-state index is 13.6. The first kappa shape index (κ1) is 20.3. The molecule has 9 heteroatoms. The second-order valence-electron chi connectivity index (χ2n) is 7.53. The standard InChI is InChI=1S/C22H18N2O4S3/c1-10-3-6-12(7-4-10)24-20(26)16-15(11-5-8-13(25)14(9-11)28-2)17-19(23-22(29)31-17)30-18(16)21(24)27/h3-9,15-16,18,25H,1-2H3,(H,23,29)/t15-,16+,18+/m0/s1. The summed E-state index contributed by atoms with van der Waals surface area (Å²) < 4.78 is 5.89. The number of H-pyrrole nitrogens is 1. The zero-order chi connectivity index (χ0) is 21.9. The fourth-order valence-corrected chi connectivity index (χ4v) is 7.17. The monoisotopic (exact) mass is 470 g/mol. The number of fused-ring (bicyclic) bond motifs is 2. The average molecular weight is 471 g/mol. The van der Waals surface area contributed by atoms with Crippen LogP contribution in [-0.2, 0) is 9.59 Å². The number of phenolic OH excluding ortho intramolecular Hbond substituents is 1. The van der Waals surface area contributed by atoms with Crippen molar-refractivity contribution in [2.45, 2.75) is 23.1 Å². The number of methoxy groups -OCH3 is 1. The minimum Gasteiger partial charge on any atom is -0.504 e. The molecule has 0 bridgehead atoms. The van der Waals surface area contributed by atoms with Gasteiger partial charge in [0.1, 0.15) is 5.25 Å². The minimum absolute atomic E-state index is 0.0185. The number of hydrogen-bond donors (Lipinski definition) is 2. The highest BCUT2D eigenvalue weighted by Gasteiger charge is 2.56. The van der Waals surface area contributed by atoms with Crippen molar-refractivity contribution in [2.75, 3.05) is 12.0 Å². The third-order valence-corrected chi connectivity index (χ3v) is 8.43. The number of benzene rings is 2. The Bertz CT molecular complexity index is 1260. The number of thiazole rings is 1. The smallest absolute Gasteiger partial charge is 0.248 e. The van der Waals surface area contributed by atoms with Gasteiger partial charge in [-0.2, -0.15) is 0 Å². The van der Waals surface area contributed by atoms with Gasteiger partial charge in [0.25, 0.3) is 0 Å². The van der Waals surface area contributed by atoms with Crippen molar-refractivity contribution in [3.05, 3.63) is 62.4 Å². The molecule has 1 aromatic heterocycles. The first-order valence-corrected chi connectivity index (χ1v) is 11.7. The van der Waals surface area contributed by atoms with E-state index in [2.05, 4.69) is 4.98 Å². The van der Waals surface area contributed by atoms with E-state index >= 15 is 0 Å². The lowest BCUT2D eigenvalue weighted by Crippen LogP contribution is -2.32. The number of ether oxygens (including phenoxy) is 1. The Morgan fingerprint density at radius 3 is 2.58 bits per heavy atom. The van der Waals surface area contributed by atoms with Crippen LogP contribution in [0.25, 0.3) is 0 Å². The van der Waals surface area contributed by atoms with Crippen molar-refractivity contribution in [2.24, 2.45) is 5.92 Å². The Morgan fingerprint density at radius 2 is 1.87 bits per heavy atom. The van der Waals surface area contributed by atoms with Crippen LogP contribution < -0.4 is 9.64 Å². The first-order chi connectivity index (χ1) is 14.9. The number of carbonyl (C=O) groups excluding carboxylic acids is 2. The van der Waals surface area contributed by atoms with Crippen LogP contribution in [0.1, 0.15) is 21.9 Å². The van der Waals surface area contributed by atoms with Crippen molar-refractivity contribution in [1.82, 2.24) is 4.98 Å². The third-order valence-electron chi connectivity index (χ3n) is 5.68. The maximum atomic E-state index is 13.6. The molecule has 3 aromatic rings. The number of amides is 2. The van der Waals surface area contributed by atoms with E-state index in [1.165, 1.54) is 35.1 Å². The Labute approximate surface area is 191 Å². The van der Waals surface area contributed by atoms with E-state index in [1.807, 2.05) is 19.1 Å². The van der Waals surface area contributed by atoms with Crippen LogP contribution in [-0.4, -0.2) is 34.3 Å². The van der Waals surface area contributed by atoms with Crippen LogP contribution in [0.4, 0.5) is 5.69 Å². The van der Waals surface area contributed by atoms with Crippen molar-refractivity contribution >= 4 is 52.8 Å². The van der Waals surface area contributed by atoms with E-state index in [0.717, 1.165) is 21.0 Å². The maximum Gasteiger partial charge on any atom is 0.248 e. The number of hydrogen-bond acceptors (Lipinski definition) is 7. The molecule has 158 valence electrons. The number of thioether (sulfide) groups is 1. The molecule has 6 nitrogen and oxygen atoms in total. The molecule has 31 heavy (non-hydrogen) atoms. The van der Waals surface area contributed by atoms with Gasteiger partial charge in [-0.15, -0.1) is 11.3 Å². The molecule has 2 aromatic carbocycles. The van der Waals surface area contributed by atoms with Gasteiger partial charge in [-0.1, -0.05) is 35.5 Å². The van der Waals surface area contributed by atoms with Crippen LogP contribution in [0.2, 0.25) is 0 Å². The molecule has 0 spiro atoms. The van der Waals surface area contributed by atoms with Crippen molar-refractivity contribution in [3.8, 4) is 11.5 Å². The Hall–Kier alpha value is -2.62. The highest BCUT2D eigenvalue weighted by atomic mass is 32.2. The SMILES string of the molecule is COc1cc([C@@H]2c3sc(=S)[nH]c3S[C@H]3C(=O)N(c4ccc(C)cc4)C(=O)[C@H]23)ccc1O. The Kier molecular flexibility index (Phi) is 4.91. The van der Waals surface area contributed by atoms with Crippen molar-refractivity contribution in [3.63, 3.8) is 0 Å². The molecule has 2 aliphatic heterocycles. The number of rotatable bonds is 3. The predicted octanol–water partition coefficient (Wildman–Crippen LogP) is 4.62. The van der Waals surface area contributed by atoms with Crippen molar-refractivity contribution in [1.29, 1.82) is 0 Å². The largest absolute Gasteiger partial charge is 0.504 e. The fourth-order valence-electron chi connectivity index (χ4n) is 4.21. The van der Waals surface area contributed by atoms with Gasteiger partial charge in [0, 0.05) is 10.8 Å². The summed E-state index contributed by atoms with van der Waals surface area (Å²) in [5.41, 5.74) is 2.43. The number of phenols is 1. The molecular formula is C22H18N2O4S3. The van der Waals surface area contributed by atoms with E-state index in [4.69, 9.17) is 17.0 Å². The lowest BCUT2D eigenvalue weighted by molar-refractivity contribution is -0.122. The molecule has 2 amide bonds. The number of aryl methyl sites for hydroxylation is 1. The summed E-state index contributed by atoms with van der Waals surface area (Å²) in [7, 11) is 1.48. The number of carbonyl (C=O) groups is 2. The quantitative estimate of drug-likeness (QED) is 0.429. The van der Waals surface area contributed by atoms with Gasteiger partial charge in [0.2, 0.25) is 11.8 Å². The van der Waals surface area contributed by atoms with E-state index in [0.29, 0.717) is 15.4 Å². The summed E-state index contributed by atoms with van der Waals surface area (Å²) in [6, 6.07) is 12.4. The number of aromatic amines is 1. The van der Waals surface area contributed by atoms with Crippen LogP contribution in [0, 0.1) is 16.8 Å².